The SMILES string of the molecule is Nc1cccnc1.[Fe]. The largest absolute Gasteiger partial charge is 0.397 e. The van der Waals surface area contributed by atoms with Crippen LogP contribution in [0.3, 0.4) is 0 Å². The number of anilines is 1. The zero-order valence-electron chi connectivity index (χ0n) is 4.19. The van der Waals surface area contributed by atoms with E-state index in [0.717, 1.165) is 0 Å². The predicted octanol–water partition coefficient (Wildman–Crippen LogP) is 0.661. The number of rotatable bonds is 0. The van der Waals surface area contributed by atoms with E-state index >= 15 is 0 Å². The van der Waals surface area contributed by atoms with Crippen molar-refractivity contribution in [2.24, 2.45) is 0 Å². The smallest absolute Gasteiger partial charge is 0.0500 e. The quantitative estimate of drug-likeness (QED) is 0.551. The van der Waals surface area contributed by atoms with Crippen molar-refractivity contribution in [1.82, 2.24) is 4.98 Å². The molecule has 0 aliphatic heterocycles. The van der Waals surface area contributed by atoms with Gasteiger partial charge in [0.1, 0.15) is 0 Å². The number of hydrogen-bond acceptors (Lipinski definition) is 2. The Kier molecular flexibility index (Phi) is 3.24. The van der Waals surface area contributed by atoms with Crippen molar-refractivity contribution in [2.75, 3.05) is 5.73 Å². The number of nitrogens with zero attached hydrogens (tertiary/aromatic N) is 1. The summed E-state index contributed by atoms with van der Waals surface area (Å²) in [6.45, 7) is 0. The summed E-state index contributed by atoms with van der Waals surface area (Å²) in [6, 6.07) is 3.60. The first-order chi connectivity index (χ1) is 3.39. The second kappa shape index (κ2) is 3.47. The third-order valence-corrected chi connectivity index (χ3v) is 0.684. The van der Waals surface area contributed by atoms with E-state index in [1.807, 2.05) is 0 Å². The molecule has 0 bridgehead atoms. The molecule has 0 unspecified atom stereocenters. The van der Waals surface area contributed by atoms with E-state index in [4.69, 9.17) is 5.73 Å². The molecule has 8 heavy (non-hydrogen) atoms. The molecule has 0 saturated heterocycles. The van der Waals surface area contributed by atoms with Gasteiger partial charge in [0.15, 0.2) is 0 Å². The fourth-order valence-corrected chi connectivity index (χ4v) is 0.376. The van der Waals surface area contributed by atoms with E-state index in [2.05, 4.69) is 4.98 Å². The normalized spacial score (nSPS) is 7.50. The molecule has 0 atom stereocenters. The van der Waals surface area contributed by atoms with Crippen LogP contribution in [0.5, 0.6) is 0 Å². The summed E-state index contributed by atoms with van der Waals surface area (Å²) in [5.74, 6) is 0. The third kappa shape index (κ3) is 1.96. The molecule has 0 spiro atoms. The minimum absolute atomic E-state index is 0. The number of aromatic nitrogens is 1. The van der Waals surface area contributed by atoms with Gasteiger partial charge >= 0.3 is 0 Å². The zero-order chi connectivity index (χ0) is 5.11. The van der Waals surface area contributed by atoms with Crippen molar-refractivity contribution in [3.8, 4) is 0 Å². The van der Waals surface area contributed by atoms with Gasteiger partial charge in [-0.2, -0.15) is 0 Å². The molecule has 0 radical (unpaired) electrons. The zero-order valence-corrected chi connectivity index (χ0v) is 5.29. The summed E-state index contributed by atoms with van der Waals surface area (Å²) in [7, 11) is 0. The minimum atomic E-state index is 0. The molecule has 2 nitrogen and oxygen atoms in total. The van der Waals surface area contributed by atoms with Crippen molar-refractivity contribution < 1.29 is 17.1 Å². The van der Waals surface area contributed by atoms with E-state index in [-0.39, 0.29) is 17.1 Å². The Morgan fingerprint density at radius 3 is 2.50 bits per heavy atom. The van der Waals surface area contributed by atoms with Gasteiger partial charge in [0.05, 0.1) is 5.69 Å². The Balaban J connectivity index is 0.000000490. The van der Waals surface area contributed by atoms with Crippen LogP contribution in [0.25, 0.3) is 0 Å². The van der Waals surface area contributed by atoms with Crippen LogP contribution in [0.4, 0.5) is 5.69 Å². The van der Waals surface area contributed by atoms with Crippen LogP contribution in [0.2, 0.25) is 0 Å². The maximum Gasteiger partial charge on any atom is 0.0500 e. The summed E-state index contributed by atoms with van der Waals surface area (Å²) in [6.07, 6.45) is 3.30. The number of pyridine rings is 1. The number of nitrogen functional groups attached to an aromatic ring is 1. The summed E-state index contributed by atoms with van der Waals surface area (Å²) < 4.78 is 0. The summed E-state index contributed by atoms with van der Waals surface area (Å²) in [5, 5.41) is 0. The Labute approximate surface area is 58.6 Å². The second-order valence-corrected chi connectivity index (χ2v) is 1.29. The van der Waals surface area contributed by atoms with E-state index < -0.39 is 0 Å². The molecule has 0 fully saturated rings. The first kappa shape index (κ1) is 7.47. The van der Waals surface area contributed by atoms with E-state index in [1.54, 1.807) is 24.5 Å². The molecule has 0 saturated carbocycles. The first-order valence-corrected chi connectivity index (χ1v) is 2.05. The molecule has 0 aromatic carbocycles. The van der Waals surface area contributed by atoms with Crippen molar-refractivity contribution in [1.29, 1.82) is 0 Å². The molecule has 0 aliphatic carbocycles. The molecule has 44 valence electrons. The van der Waals surface area contributed by atoms with E-state index in [9.17, 15) is 0 Å². The van der Waals surface area contributed by atoms with Crippen LogP contribution in [0.15, 0.2) is 24.5 Å². The summed E-state index contributed by atoms with van der Waals surface area (Å²) in [5.41, 5.74) is 6.01. The molecule has 0 aliphatic rings. The van der Waals surface area contributed by atoms with Crippen molar-refractivity contribution in [2.45, 2.75) is 0 Å². The fourth-order valence-electron chi connectivity index (χ4n) is 0.376. The molecule has 2 N–H and O–H groups in total. The standard InChI is InChI=1S/C5H6N2.Fe/c6-5-2-1-3-7-4-5;/h1-4H,6H2;. The van der Waals surface area contributed by atoms with Gasteiger partial charge in [-0.15, -0.1) is 0 Å². The maximum atomic E-state index is 5.30. The van der Waals surface area contributed by atoms with E-state index in [1.165, 1.54) is 0 Å². The first-order valence-electron chi connectivity index (χ1n) is 2.05. The topological polar surface area (TPSA) is 38.9 Å². The monoisotopic (exact) mass is 150 g/mol. The molecule has 1 aromatic rings. The maximum absolute atomic E-state index is 5.30. The van der Waals surface area contributed by atoms with Crippen LogP contribution in [0, 0.1) is 0 Å². The van der Waals surface area contributed by atoms with Crippen LogP contribution in [0.1, 0.15) is 0 Å². The predicted molar refractivity (Wildman–Crippen MR) is 28.6 cm³/mol. The Hall–Kier alpha value is -0.531. The van der Waals surface area contributed by atoms with Gasteiger partial charge in [-0.3, -0.25) is 4.98 Å². The third-order valence-electron chi connectivity index (χ3n) is 0.684. The van der Waals surface area contributed by atoms with Gasteiger partial charge in [-0.1, -0.05) is 0 Å². The molecule has 0 amide bonds. The van der Waals surface area contributed by atoms with E-state index in [0.29, 0.717) is 5.69 Å². The van der Waals surface area contributed by atoms with Crippen molar-refractivity contribution in [3.05, 3.63) is 24.5 Å². The molecule has 1 heterocycles. The Morgan fingerprint density at radius 2 is 2.25 bits per heavy atom. The Morgan fingerprint density at radius 1 is 1.50 bits per heavy atom. The van der Waals surface area contributed by atoms with Crippen molar-refractivity contribution in [3.63, 3.8) is 0 Å². The van der Waals surface area contributed by atoms with Crippen LogP contribution < -0.4 is 5.73 Å². The Bertz CT molecular complexity index is 140. The summed E-state index contributed by atoms with van der Waals surface area (Å²) >= 11 is 0. The summed E-state index contributed by atoms with van der Waals surface area (Å²) in [4.78, 5) is 3.76. The molecule has 1 rings (SSSR count). The number of nitrogens with two attached hydrogens (primary N) is 1. The van der Waals surface area contributed by atoms with Gasteiger partial charge in [-0.05, 0) is 12.1 Å². The van der Waals surface area contributed by atoms with Gasteiger partial charge in [-0.25, -0.2) is 0 Å². The van der Waals surface area contributed by atoms with Gasteiger partial charge in [0.25, 0.3) is 0 Å². The van der Waals surface area contributed by atoms with Crippen LogP contribution >= 0.6 is 0 Å². The minimum Gasteiger partial charge on any atom is -0.397 e. The van der Waals surface area contributed by atoms with Gasteiger partial charge < -0.3 is 5.73 Å². The molecular weight excluding hydrogens is 144 g/mol. The fraction of sp³-hybridized carbons (Fsp3) is 0. The second-order valence-electron chi connectivity index (χ2n) is 1.29. The average Bonchev–Trinajstić information content (AvgIpc) is 1.69. The molecule has 1 aromatic heterocycles. The van der Waals surface area contributed by atoms with Gasteiger partial charge in [0, 0.05) is 29.5 Å². The number of hydrogen-bond donors (Lipinski definition) is 1. The van der Waals surface area contributed by atoms with Crippen LogP contribution in [-0.4, -0.2) is 4.98 Å². The molecule has 3 heteroatoms. The average molecular weight is 150 g/mol. The van der Waals surface area contributed by atoms with Gasteiger partial charge in [0.2, 0.25) is 0 Å². The van der Waals surface area contributed by atoms with Crippen LogP contribution in [-0.2, 0) is 17.1 Å². The van der Waals surface area contributed by atoms with Crippen molar-refractivity contribution >= 4 is 5.69 Å². The molecular formula is C5H6FeN2.